The number of likely N-dealkylation sites (tertiary alicyclic amines) is 1. The normalized spacial score (nSPS) is 16.5. The van der Waals surface area contributed by atoms with Crippen LogP contribution in [0.2, 0.25) is 0 Å². The maximum Gasteiger partial charge on any atom is 0.260 e. The molecule has 3 aromatic rings. The van der Waals surface area contributed by atoms with Gasteiger partial charge in [0.05, 0.1) is 12.1 Å². The van der Waals surface area contributed by atoms with Crippen molar-refractivity contribution in [1.29, 1.82) is 0 Å². The fourth-order valence-electron chi connectivity index (χ4n) is 3.10. The lowest BCUT2D eigenvalue weighted by Crippen LogP contribution is -2.34. The highest BCUT2D eigenvalue weighted by Crippen LogP contribution is 2.20. The minimum absolute atomic E-state index is 0.0768. The molecule has 1 aliphatic heterocycles. The Bertz CT molecular complexity index is 946. The molecule has 0 spiro atoms. The van der Waals surface area contributed by atoms with Crippen molar-refractivity contribution in [1.82, 2.24) is 9.88 Å². The van der Waals surface area contributed by atoms with Gasteiger partial charge in [-0.15, -0.1) is 0 Å². The van der Waals surface area contributed by atoms with Crippen LogP contribution in [0.3, 0.4) is 0 Å². The zero-order valence-electron chi connectivity index (χ0n) is 14.7. The fourth-order valence-corrected chi connectivity index (χ4v) is 3.10. The predicted octanol–water partition coefficient (Wildman–Crippen LogP) is 3.43. The maximum atomic E-state index is 12.9. The predicted molar refractivity (Wildman–Crippen MR) is 99.3 cm³/mol. The number of ether oxygens (including phenoxy) is 2. The van der Waals surface area contributed by atoms with Gasteiger partial charge < -0.3 is 14.4 Å². The van der Waals surface area contributed by atoms with Crippen LogP contribution in [0.5, 0.6) is 11.6 Å². The Morgan fingerprint density at radius 3 is 2.78 bits per heavy atom. The van der Waals surface area contributed by atoms with Crippen LogP contribution >= 0.6 is 0 Å². The third-order valence-corrected chi connectivity index (χ3v) is 4.53. The lowest BCUT2D eigenvalue weighted by atomic mass is 10.2. The topological polar surface area (TPSA) is 51.7 Å². The molecule has 138 valence electrons. The largest absolute Gasteiger partial charge is 0.484 e. The number of para-hydroxylation sites is 1. The van der Waals surface area contributed by atoms with E-state index in [1.165, 1.54) is 24.3 Å². The van der Waals surface area contributed by atoms with Gasteiger partial charge in [0, 0.05) is 24.4 Å². The molecule has 0 N–H and O–H groups in total. The van der Waals surface area contributed by atoms with Gasteiger partial charge in [-0.25, -0.2) is 9.37 Å². The molecule has 1 saturated heterocycles. The highest BCUT2D eigenvalue weighted by atomic mass is 19.1. The van der Waals surface area contributed by atoms with Gasteiger partial charge in [-0.3, -0.25) is 4.79 Å². The number of pyridine rings is 1. The summed E-state index contributed by atoms with van der Waals surface area (Å²) in [7, 11) is 0. The Balaban J connectivity index is 1.31. The summed E-state index contributed by atoms with van der Waals surface area (Å²) in [5.74, 6) is 0.583. The summed E-state index contributed by atoms with van der Waals surface area (Å²) in [6.07, 6.45) is 0.657. The van der Waals surface area contributed by atoms with Crippen LogP contribution in [-0.4, -0.2) is 41.6 Å². The average molecular weight is 366 g/mol. The number of fused-ring (bicyclic) bond motifs is 1. The first kappa shape index (κ1) is 17.3. The number of benzene rings is 2. The molecule has 6 heteroatoms. The van der Waals surface area contributed by atoms with Crippen molar-refractivity contribution in [2.75, 3.05) is 19.7 Å². The van der Waals surface area contributed by atoms with E-state index < -0.39 is 0 Å². The van der Waals surface area contributed by atoms with E-state index in [2.05, 4.69) is 4.98 Å². The summed E-state index contributed by atoms with van der Waals surface area (Å²) >= 11 is 0. The van der Waals surface area contributed by atoms with Crippen molar-refractivity contribution < 1.29 is 18.7 Å². The van der Waals surface area contributed by atoms with Crippen molar-refractivity contribution in [3.8, 4) is 11.6 Å². The van der Waals surface area contributed by atoms with Crippen LogP contribution < -0.4 is 9.47 Å². The van der Waals surface area contributed by atoms with Gasteiger partial charge in [0.1, 0.15) is 17.7 Å². The van der Waals surface area contributed by atoms with E-state index in [4.69, 9.17) is 9.47 Å². The summed E-state index contributed by atoms with van der Waals surface area (Å²) in [5, 5.41) is 1.06. The zero-order chi connectivity index (χ0) is 18.6. The quantitative estimate of drug-likeness (QED) is 0.694. The number of nitrogens with zero attached hydrogens (tertiary/aromatic N) is 2. The molecule has 1 aromatic heterocycles. The second-order valence-electron chi connectivity index (χ2n) is 6.45. The van der Waals surface area contributed by atoms with E-state index in [1.54, 1.807) is 4.90 Å². The van der Waals surface area contributed by atoms with Crippen LogP contribution in [0.1, 0.15) is 6.42 Å². The highest BCUT2D eigenvalue weighted by Gasteiger charge is 2.28. The fraction of sp³-hybridized carbons (Fsp3) is 0.238. The van der Waals surface area contributed by atoms with Gasteiger partial charge in [0.15, 0.2) is 6.61 Å². The van der Waals surface area contributed by atoms with Crippen molar-refractivity contribution >= 4 is 16.8 Å². The minimum Gasteiger partial charge on any atom is -0.484 e. The van der Waals surface area contributed by atoms with Gasteiger partial charge in [0.2, 0.25) is 5.88 Å². The molecule has 1 unspecified atom stereocenters. The zero-order valence-corrected chi connectivity index (χ0v) is 14.7. The number of carbonyl (C=O) groups excluding carboxylic acids is 1. The number of rotatable bonds is 5. The Morgan fingerprint density at radius 1 is 1.11 bits per heavy atom. The molecule has 4 rings (SSSR count). The molecule has 1 fully saturated rings. The van der Waals surface area contributed by atoms with Crippen molar-refractivity contribution in [3.05, 3.63) is 66.5 Å². The Kier molecular flexibility index (Phi) is 4.87. The average Bonchev–Trinajstić information content (AvgIpc) is 3.16. The lowest BCUT2D eigenvalue weighted by Gasteiger charge is -2.17. The first-order chi connectivity index (χ1) is 13.2. The first-order valence-corrected chi connectivity index (χ1v) is 8.86. The summed E-state index contributed by atoms with van der Waals surface area (Å²) in [4.78, 5) is 18.5. The monoisotopic (exact) mass is 366 g/mol. The number of halogens is 1. The molecule has 1 atom stereocenters. The van der Waals surface area contributed by atoms with Crippen LogP contribution in [0.4, 0.5) is 4.39 Å². The van der Waals surface area contributed by atoms with Crippen LogP contribution in [-0.2, 0) is 4.79 Å². The molecule has 0 bridgehead atoms. The standard InChI is InChI=1S/C21H19FN2O3/c22-16-6-8-17(9-7-16)26-14-21(25)24-12-11-18(13-24)27-20-10-5-15-3-1-2-4-19(15)23-20/h1-10,18H,11-14H2. The third kappa shape index (κ3) is 4.16. The Hall–Kier alpha value is -3.15. The van der Waals surface area contributed by atoms with Gasteiger partial charge >= 0.3 is 0 Å². The molecule has 1 amide bonds. The highest BCUT2D eigenvalue weighted by molar-refractivity contribution is 5.79. The van der Waals surface area contributed by atoms with E-state index in [0.717, 1.165) is 17.3 Å². The third-order valence-electron chi connectivity index (χ3n) is 4.53. The Morgan fingerprint density at radius 2 is 1.93 bits per heavy atom. The van der Waals surface area contributed by atoms with Crippen molar-refractivity contribution in [3.63, 3.8) is 0 Å². The van der Waals surface area contributed by atoms with E-state index in [-0.39, 0.29) is 24.4 Å². The van der Waals surface area contributed by atoms with Crippen LogP contribution in [0.25, 0.3) is 10.9 Å². The lowest BCUT2D eigenvalue weighted by molar-refractivity contribution is -0.132. The summed E-state index contributed by atoms with van der Waals surface area (Å²) < 4.78 is 24.3. The summed E-state index contributed by atoms with van der Waals surface area (Å²) in [6.45, 7) is 1.04. The first-order valence-electron chi connectivity index (χ1n) is 8.86. The van der Waals surface area contributed by atoms with Crippen molar-refractivity contribution in [2.24, 2.45) is 0 Å². The maximum absolute atomic E-state index is 12.9. The molecule has 27 heavy (non-hydrogen) atoms. The van der Waals surface area contributed by atoms with Gasteiger partial charge in [-0.05, 0) is 36.4 Å². The smallest absolute Gasteiger partial charge is 0.260 e. The number of amides is 1. The van der Waals surface area contributed by atoms with Gasteiger partial charge in [-0.2, -0.15) is 0 Å². The molecule has 2 aromatic carbocycles. The van der Waals surface area contributed by atoms with Gasteiger partial charge in [0.25, 0.3) is 5.91 Å². The minimum atomic E-state index is -0.337. The Labute approximate surface area is 156 Å². The van der Waals surface area contributed by atoms with Crippen LogP contribution in [0.15, 0.2) is 60.7 Å². The number of hydrogen-bond donors (Lipinski definition) is 0. The van der Waals surface area contributed by atoms with Crippen molar-refractivity contribution in [2.45, 2.75) is 12.5 Å². The second kappa shape index (κ2) is 7.61. The molecule has 2 heterocycles. The molecule has 0 saturated carbocycles. The van der Waals surface area contributed by atoms with Crippen LogP contribution in [0, 0.1) is 5.82 Å². The number of carbonyl (C=O) groups is 1. The SMILES string of the molecule is O=C(COc1ccc(F)cc1)N1CCC(Oc2ccc3ccccc3n2)C1. The molecule has 0 radical (unpaired) electrons. The van der Waals surface area contributed by atoms with E-state index in [9.17, 15) is 9.18 Å². The summed E-state index contributed by atoms with van der Waals surface area (Å²) in [6, 6.07) is 17.3. The molecule has 1 aliphatic rings. The molecular formula is C21H19FN2O3. The van der Waals surface area contributed by atoms with Gasteiger partial charge in [-0.1, -0.05) is 18.2 Å². The second-order valence-corrected chi connectivity index (χ2v) is 6.45. The molecular weight excluding hydrogens is 347 g/mol. The number of hydrogen-bond acceptors (Lipinski definition) is 4. The number of aromatic nitrogens is 1. The molecule has 5 nitrogen and oxygen atoms in total. The van der Waals surface area contributed by atoms with E-state index >= 15 is 0 Å². The summed E-state index contributed by atoms with van der Waals surface area (Å²) in [5.41, 5.74) is 0.883. The van der Waals surface area contributed by atoms with E-state index in [0.29, 0.717) is 24.7 Å². The molecule has 0 aliphatic carbocycles. The van der Waals surface area contributed by atoms with E-state index in [1.807, 2.05) is 36.4 Å².